The standard InChI is InChI=1S/C18H16F3N3O3S/c1-11-16(28(22,25)26)7-6-15(17(11)14-9-24(2)10-23-14)27-13-5-3-4-12(8-13)18(19,20)21/h3-10H,1-2H3,(H2,22,25,26). The smallest absolute Gasteiger partial charge is 0.416 e. The third kappa shape index (κ3) is 4.02. The van der Waals surface area contributed by atoms with Gasteiger partial charge in [-0.1, -0.05) is 6.07 Å². The van der Waals surface area contributed by atoms with Crippen LogP contribution in [0.4, 0.5) is 13.2 Å². The Balaban J connectivity index is 2.15. The molecule has 0 amide bonds. The van der Waals surface area contributed by atoms with Crippen molar-refractivity contribution >= 4 is 10.0 Å². The molecule has 0 aliphatic rings. The molecule has 0 atom stereocenters. The average molecular weight is 411 g/mol. The molecule has 1 heterocycles. The normalized spacial score (nSPS) is 12.2. The van der Waals surface area contributed by atoms with Gasteiger partial charge in [-0.15, -0.1) is 0 Å². The Hall–Kier alpha value is -2.85. The minimum absolute atomic E-state index is 0.0465. The molecule has 0 fully saturated rings. The van der Waals surface area contributed by atoms with Crippen molar-refractivity contribution in [2.45, 2.75) is 18.0 Å². The fraction of sp³-hybridized carbons (Fsp3) is 0.167. The second-order valence-electron chi connectivity index (χ2n) is 6.16. The summed E-state index contributed by atoms with van der Waals surface area (Å²) in [5.41, 5.74) is 0.143. The lowest BCUT2D eigenvalue weighted by Crippen LogP contribution is -2.14. The van der Waals surface area contributed by atoms with Gasteiger partial charge in [0.05, 0.1) is 22.5 Å². The summed E-state index contributed by atoms with van der Waals surface area (Å²) in [5, 5.41) is 5.26. The van der Waals surface area contributed by atoms with Crippen LogP contribution in [0.1, 0.15) is 11.1 Å². The monoisotopic (exact) mass is 411 g/mol. The number of primary sulfonamides is 1. The van der Waals surface area contributed by atoms with Crippen LogP contribution in [-0.2, 0) is 23.2 Å². The number of alkyl halides is 3. The SMILES string of the molecule is Cc1c(S(N)(=O)=O)ccc(Oc2cccc(C(F)(F)F)c2)c1-c1cn(C)cn1. The van der Waals surface area contributed by atoms with Crippen molar-refractivity contribution in [3.8, 4) is 22.8 Å². The first-order valence-corrected chi connectivity index (χ1v) is 9.51. The third-order valence-electron chi connectivity index (χ3n) is 4.03. The number of ether oxygens (including phenoxy) is 1. The number of sulfonamides is 1. The van der Waals surface area contributed by atoms with E-state index >= 15 is 0 Å². The van der Waals surface area contributed by atoms with Crippen LogP contribution in [0.25, 0.3) is 11.3 Å². The number of aromatic nitrogens is 2. The Bertz CT molecular complexity index is 1140. The number of imidazole rings is 1. The molecule has 1 aromatic heterocycles. The predicted molar refractivity (Wildman–Crippen MR) is 96.3 cm³/mol. The number of rotatable bonds is 4. The van der Waals surface area contributed by atoms with Crippen molar-refractivity contribution in [3.63, 3.8) is 0 Å². The highest BCUT2D eigenvalue weighted by Gasteiger charge is 2.31. The quantitative estimate of drug-likeness (QED) is 0.706. The minimum atomic E-state index is -4.52. The summed E-state index contributed by atoms with van der Waals surface area (Å²) < 4.78 is 69.9. The zero-order valence-electron chi connectivity index (χ0n) is 14.9. The summed E-state index contributed by atoms with van der Waals surface area (Å²) >= 11 is 0. The number of halogens is 3. The molecule has 28 heavy (non-hydrogen) atoms. The molecule has 0 saturated carbocycles. The molecule has 3 rings (SSSR count). The maximum absolute atomic E-state index is 13.0. The van der Waals surface area contributed by atoms with Crippen LogP contribution in [0, 0.1) is 6.92 Å². The number of aryl methyl sites for hydroxylation is 1. The van der Waals surface area contributed by atoms with Gasteiger partial charge < -0.3 is 9.30 Å². The fourth-order valence-electron chi connectivity index (χ4n) is 2.78. The molecular formula is C18H16F3N3O3S. The van der Waals surface area contributed by atoms with Gasteiger partial charge in [0.1, 0.15) is 11.5 Å². The van der Waals surface area contributed by atoms with Crippen molar-refractivity contribution in [1.29, 1.82) is 0 Å². The van der Waals surface area contributed by atoms with E-state index in [1.807, 2.05) is 0 Å². The molecule has 0 saturated heterocycles. The third-order valence-corrected chi connectivity index (χ3v) is 5.09. The molecule has 6 nitrogen and oxygen atoms in total. The number of nitrogens with two attached hydrogens (primary N) is 1. The Morgan fingerprint density at radius 3 is 2.46 bits per heavy atom. The Morgan fingerprint density at radius 1 is 1.18 bits per heavy atom. The highest BCUT2D eigenvalue weighted by Crippen LogP contribution is 2.39. The topological polar surface area (TPSA) is 87.2 Å². The first-order valence-electron chi connectivity index (χ1n) is 7.96. The number of hydrogen-bond acceptors (Lipinski definition) is 4. The van der Waals surface area contributed by atoms with Gasteiger partial charge in [-0.25, -0.2) is 18.5 Å². The zero-order valence-corrected chi connectivity index (χ0v) is 15.7. The minimum Gasteiger partial charge on any atom is -0.457 e. The first kappa shape index (κ1) is 19.9. The van der Waals surface area contributed by atoms with E-state index in [1.54, 1.807) is 17.8 Å². The molecule has 2 aromatic carbocycles. The average Bonchev–Trinajstić information content (AvgIpc) is 2.99. The van der Waals surface area contributed by atoms with Crippen LogP contribution in [0.15, 0.2) is 53.8 Å². The van der Waals surface area contributed by atoms with Crippen LogP contribution >= 0.6 is 0 Å². The maximum atomic E-state index is 13.0. The van der Waals surface area contributed by atoms with E-state index in [2.05, 4.69) is 4.98 Å². The number of hydrogen-bond donors (Lipinski definition) is 1. The van der Waals surface area contributed by atoms with Gasteiger partial charge >= 0.3 is 6.18 Å². The molecule has 0 aliphatic carbocycles. The van der Waals surface area contributed by atoms with Crippen LogP contribution in [0.5, 0.6) is 11.5 Å². The van der Waals surface area contributed by atoms with Crippen molar-refractivity contribution in [2.75, 3.05) is 0 Å². The highest BCUT2D eigenvalue weighted by atomic mass is 32.2. The first-order chi connectivity index (χ1) is 13.0. The lowest BCUT2D eigenvalue weighted by atomic mass is 10.0. The van der Waals surface area contributed by atoms with E-state index in [-0.39, 0.29) is 22.0 Å². The number of benzene rings is 2. The van der Waals surface area contributed by atoms with E-state index in [1.165, 1.54) is 37.5 Å². The largest absolute Gasteiger partial charge is 0.457 e. The Labute approximate surface area is 159 Å². The Morgan fingerprint density at radius 2 is 1.89 bits per heavy atom. The van der Waals surface area contributed by atoms with Crippen molar-refractivity contribution < 1.29 is 26.3 Å². The molecule has 0 aliphatic heterocycles. The van der Waals surface area contributed by atoms with Gasteiger partial charge in [0.2, 0.25) is 10.0 Å². The summed E-state index contributed by atoms with van der Waals surface area (Å²) in [5.74, 6) is 0.109. The molecule has 3 aromatic rings. The molecule has 0 radical (unpaired) electrons. The molecular weight excluding hydrogens is 395 g/mol. The summed E-state index contributed by atoms with van der Waals surface area (Å²) in [6.07, 6.45) is -1.38. The zero-order chi connectivity index (χ0) is 20.7. The number of nitrogens with zero attached hydrogens (tertiary/aromatic N) is 2. The molecule has 10 heteroatoms. The molecule has 0 spiro atoms. The van der Waals surface area contributed by atoms with Gasteiger partial charge in [0.25, 0.3) is 0 Å². The molecule has 2 N–H and O–H groups in total. The van der Waals surface area contributed by atoms with Gasteiger partial charge in [-0.05, 0) is 42.8 Å². The van der Waals surface area contributed by atoms with Crippen LogP contribution < -0.4 is 9.88 Å². The molecule has 148 valence electrons. The highest BCUT2D eigenvalue weighted by molar-refractivity contribution is 7.89. The van der Waals surface area contributed by atoms with Gasteiger partial charge in [-0.2, -0.15) is 13.2 Å². The van der Waals surface area contributed by atoms with Crippen molar-refractivity contribution in [1.82, 2.24) is 9.55 Å². The van der Waals surface area contributed by atoms with Crippen molar-refractivity contribution in [3.05, 3.63) is 60.0 Å². The van der Waals surface area contributed by atoms with Crippen molar-refractivity contribution in [2.24, 2.45) is 12.2 Å². The fourth-order valence-corrected chi connectivity index (χ4v) is 3.57. The van der Waals surface area contributed by atoms with Crippen LogP contribution in [-0.4, -0.2) is 18.0 Å². The van der Waals surface area contributed by atoms with Crippen LogP contribution in [0.3, 0.4) is 0 Å². The van der Waals surface area contributed by atoms with E-state index < -0.39 is 21.8 Å². The summed E-state index contributed by atoms with van der Waals surface area (Å²) in [6, 6.07) is 6.99. The van der Waals surface area contributed by atoms with E-state index in [0.717, 1.165) is 12.1 Å². The van der Waals surface area contributed by atoms with Crippen LogP contribution in [0.2, 0.25) is 0 Å². The predicted octanol–water partition coefficient (Wildman–Crippen LogP) is 3.85. The van der Waals surface area contributed by atoms with E-state index in [9.17, 15) is 21.6 Å². The summed E-state index contributed by atoms with van der Waals surface area (Å²) in [7, 11) is -2.29. The van der Waals surface area contributed by atoms with E-state index in [4.69, 9.17) is 9.88 Å². The van der Waals surface area contributed by atoms with Gasteiger partial charge in [0.15, 0.2) is 0 Å². The van der Waals surface area contributed by atoms with Gasteiger partial charge in [0, 0.05) is 18.8 Å². The lowest BCUT2D eigenvalue weighted by molar-refractivity contribution is -0.137. The molecule has 0 bridgehead atoms. The second kappa shape index (κ2) is 6.95. The maximum Gasteiger partial charge on any atom is 0.416 e. The van der Waals surface area contributed by atoms with E-state index in [0.29, 0.717) is 11.3 Å². The molecule has 0 unspecified atom stereocenters. The Kier molecular flexibility index (Phi) is 4.94. The van der Waals surface area contributed by atoms with Gasteiger partial charge in [-0.3, -0.25) is 0 Å². The second-order valence-corrected chi connectivity index (χ2v) is 7.69. The lowest BCUT2D eigenvalue weighted by Gasteiger charge is -2.16. The summed E-state index contributed by atoms with van der Waals surface area (Å²) in [4.78, 5) is 4.08. The summed E-state index contributed by atoms with van der Waals surface area (Å²) in [6.45, 7) is 1.53.